The van der Waals surface area contributed by atoms with E-state index in [9.17, 15) is 22.4 Å². The Hall–Kier alpha value is -2.66. The summed E-state index contributed by atoms with van der Waals surface area (Å²) in [6.45, 7) is 0.0291. The summed E-state index contributed by atoms with van der Waals surface area (Å²) >= 11 is 9.87. The van der Waals surface area contributed by atoms with Gasteiger partial charge in [0, 0.05) is 5.02 Å². The molecule has 1 saturated heterocycles. The second kappa shape index (κ2) is 9.91. The SMILES string of the molecule is O=C1S/C(=C\c2ccc(OS(=O)(=O)c3ccc(Cl)cc3)c(Br)c2)C(=O)N1Cc1ccc(F)cc1. The zero-order valence-corrected chi connectivity index (χ0v) is 21.0. The van der Waals surface area contributed by atoms with Gasteiger partial charge in [-0.15, -0.1) is 0 Å². The molecule has 0 radical (unpaired) electrons. The van der Waals surface area contributed by atoms with Crippen LogP contribution in [-0.2, 0) is 21.5 Å². The predicted octanol–water partition coefficient (Wildman–Crippen LogP) is 6.25. The normalized spacial score (nSPS) is 15.3. The van der Waals surface area contributed by atoms with Crippen molar-refractivity contribution < 1.29 is 26.6 Å². The van der Waals surface area contributed by atoms with Gasteiger partial charge < -0.3 is 4.18 Å². The van der Waals surface area contributed by atoms with Crippen LogP contribution in [0.5, 0.6) is 5.75 Å². The van der Waals surface area contributed by atoms with E-state index in [1.54, 1.807) is 12.1 Å². The maximum Gasteiger partial charge on any atom is 0.339 e. The Balaban J connectivity index is 1.51. The molecule has 174 valence electrons. The van der Waals surface area contributed by atoms with Crippen molar-refractivity contribution in [3.05, 3.63) is 98.1 Å². The number of carbonyl (C=O) groups is 2. The van der Waals surface area contributed by atoms with Gasteiger partial charge in [0.25, 0.3) is 11.1 Å². The molecule has 0 N–H and O–H groups in total. The van der Waals surface area contributed by atoms with Crippen LogP contribution in [0, 0.1) is 5.82 Å². The summed E-state index contributed by atoms with van der Waals surface area (Å²) in [6.07, 6.45) is 1.53. The Labute approximate surface area is 212 Å². The number of halogens is 3. The van der Waals surface area contributed by atoms with E-state index in [-0.39, 0.29) is 22.1 Å². The molecule has 0 spiro atoms. The zero-order chi connectivity index (χ0) is 24.5. The fraction of sp³-hybridized carbons (Fsp3) is 0.0435. The van der Waals surface area contributed by atoms with E-state index < -0.39 is 27.1 Å². The molecule has 0 aromatic heterocycles. The topological polar surface area (TPSA) is 80.8 Å². The van der Waals surface area contributed by atoms with Crippen molar-refractivity contribution in [1.82, 2.24) is 4.90 Å². The molecule has 1 aliphatic rings. The molecule has 4 rings (SSSR count). The van der Waals surface area contributed by atoms with E-state index in [1.807, 2.05) is 0 Å². The molecule has 0 aliphatic carbocycles. The second-order valence-electron chi connectivity index (χ2n) is 7.08. The van der Waals surface area contributed by atoms with Gasteiger partial charge >= 0.3 is 10.1 Å². The summed E-state index contributed by atoms with van der Waals surface area (Å²) in [5.74, 6) is -0.825. The van der Waals surface area contributed by atoms with Gasteiger partial charge in [-0.05, 0) is 93.4 Å². The van der Waals surface area contributed by atoms with E-state index >= 15 is 0 Å². The van der Waals surface area contributed by atoms with Crippen LogP contribution in [0.2, 0.25) is 5.02 Å². The van der Waals surface area contributed by atoms with Gasteiger partial charge in [-0.3, -0.25) is 14.5 Å². The third kappa shape index (κ3) is 5.52. The molecular weight excluding hydrogens is 569 g/mol. The minimum absolute atomic E-state index is 0.0291. The highest BCUT2D eigenvalue weighted by molar-refractivity contribution is 9.10. The number of nitrogens with zero attached hydrogens (tertiary/aromatic N) is 1. The lowest BCUT2D eigenvalue weighted by Gasteiger charge is -2.12. The van der Waals surface area contributed by atoms with Gasteiger partial charge in [-0.1, -0.05) is 29.8 Å². The number of hydrogen-bond donors (Lipinski definition) is 0. The molecule has 34 heavy (non-hydrogen) atoms. The summed E-state index contributed by atoms with van der Waals surface area (Å²) in [6, 6.07) is 15.7. The van der Waals surface area contributed by atoms with E-state index in [0.29, 0.717) is 20.6 Å². The smallest absolute Gasteiger partial charge is 0.339 e. The summed E-state index contributed by atoms with van der Waals surface area (Å²) < 4.78 is 43.7. The largest absolute Gasteiger partial charge is 0.378 e. The molecular formula is C23H14BrClFNO5S2. The number of imide groups is 1. The summed E-state index contributed by atoms with van der Waals surface area (Å²) in [5, 5.41) is -0.0415. The lowest BCUT2D eigenvalue weighted by atomic mass is 10.2. The third-order valence-electron chi connectivity index (χ3n) is 4.68. The van der Waals surface area contributed by atoms with Crippen molar-refractivity contribution in [2.45, 2.75) is 11.4 Å². The van der Waals surface area contributed by atoms with Crippen LogP contribution in [0.4, 0.5) is 9.18 Å². The first-order chi connectivity index (χ1) is 16.1. The monoisotopic (exact) mass is 581 g/mol. The highest BCUT2D eigenvalue weighted by Crippen LogP contribution is 2.35. The molecule has 3 aromatic rings. The minimum Gasteiger partial charge on any atom is -0.378 e. The van der Waals surface area contributed by atoms with E-state index in [1.165, 1.54) is 60.7 Å². The molecule has 1 fully saturated rings. The quantitative estimate of drug-likeness (QED) is 0.253. The fourth-order valence-electron chi connectivity index (χ4n) is 3.00. The number of hydrogen-bond acceptors (Lipinski definition) is 6. The maximum absolute atomic E-state index is 13.1. The fourth-order valence-corrected chi connectivity index (χ4v) is 5.50. The third-order valence-corrected chi connectivity index (χ3v) is 7.71. The molecule has 0 bridgehead atoms. The van der Waals surface area contributed by atoms with Gasteiger partial charge in [0.2, 0.25) is 0 Å². The maximum atomic E-state index is 13.1. The Morgan fingerprint density at radius 3 is 2.35 bits per heavy atom. The van der Waals surface area contributed by atoms with Gasteiger partial charge in [0.05, 0.1) is 15.9 Å². The van der Waals surface area contributed by atoms with Crippen molar-refractivity contribution >= 4 is 66.6 Å². The van der Waals surface area contributed by atoms with Crippen LogP contribution in [0.3, 0.4) is 0 Å². The van der Waals surface area contributed by atoms with Crippen LogP contribution >= 0.6 is 39.3 Å². The summed E-state index contributed by atoms with van der Waals surface area (Å²) in [5.41, 5.74) is 1.17. The van der Waals surface area contributed by atoms with Gasteiger partial charge in [0.1, 0.15) is 10.7 Å². The van der Waals surface area contributed by atoms with E-state index in [2.05, 4.69) is 15.9 Å². The van der Waals surface area contributed by atoms with Gasteiger partial charge in [0.15, 0.2) is 5.75 Å². The lowest BCUT2D eigenvalue weighted by Crippen LogP contribution is -2.27. The van der Waals surface area contributed by atoms with Crippen molar-refractivity contribution in [3.8, 4) is 5.75 Å². The Morgan fingerprint density at radius 2 is 1.71 bits per heavy atom. The lowest BCUT2D eigenvalue weighted by molar-refractivity contribution is -0.123. The molecule has 6 nitrogen and oxygen atoms in total. The Morgan fingerprint density at radius 1 is 1.03 bits per heavy atom. The van der Waals surface area contributed by atoms with Crippen molar-refractivity contribution in [3.63, 3.8) is 0 Å². The first-order valence-electron chi connectivity index (χ1n) is 9.62. The minimum atomic E-state index is -4.08. The molecule has 0 atom stereocenters. The molecule has 11 heteroatoms. The summed E-state index contributed by atoms with van der Waals surface area (Å²) in [4.78, 5) is 26.3. The number of carbonyl (C=O) groups excluding carboxylic acids is 2. The van der Waals surface area contributed by atoms with Crippen molar-refractivity contribution in [2.75, 3.05) is 0 Å². The average Bonchev–Trinajstić information content (AvgIpc) is 3.04. The first-order valence-corrected chi connectivity index (χ1v) is 13.0. The Bertz CT molecular complexity index is 1410. The molecule has 3 aromatic carbocycles. The van der Waals surface area contributed by atoms with Crippen LogP contribution in [0.1, 0.15) is 11.1 Å². The molecule has 1 aliphatic heterocycles. The van der Waals surface area contributed by atoms with Crippen LogP contribution < -0.4 is 4.18 Å². The molecule has 0 unspecified atom stereocenters. The number of benzene rings is 3. The van der Waals surface area contributed by atoms with E-state index in [0.717, 1.165) is 16.7 Å². The highest BCUT2D eigenvalue weighted by atomic mass is 79.9. The van der Waals surface area contributed by atoms with Crippen LogP contribution in [0.25, 0.3) is 6.08 Å². The van der Waals surface area contributed by atoms with Crippen molar-refractivity contribution in [2.24, 2.45) is 0 Å². The van der Waals surface area contributed by atoms with E-state index in [4.69, 9.17) is 15.8 Å². The van der Waals surface area contributed by atoms with Gasteiger partial charge in [-0.2, -0.15) is 8.42 Å². The van der Waals surface area contributed by atoms with Gasteiger partial charge in [-0.25, -0.2) is 4.39 Å². The zero-order valence-electron chi connectivity index (χ0n) is 17.1. The van der Waals surface area contributed by atoms with Crippen LogP contribution in [0.15, 0.2) is 81.0 Å². The molecule has 2 amide bonds. The number of thioether (sulfide) groups is 1. The Kier molecular flexibility index (Phi) is 7.13. The van der Waals surface area contributed by atoms with Crippen molar-refractivity contribution in [1.29, 1.82) is 0 Å². The average molecular weight is 583 g/mol. The van der Waals surface area contributed by atoms with Crippen LogP contribution in [-0.4, -0.2) is 24.5 Å². The summed E-state index contributed by atoms with van der Waals surface area (Å²) in [7, 11) is -4.08. The second-order valence-corrected chi connectivity index (χ2v) is 10.9. The molecule has 1 heterocycles. The standard InChI is InChI=1S/C23H14BrClFNO5S2/c24-19-11-15(3-10-20(19)32-34(30,31)18-8-4-16(25)5-9-18)12-21-22(28)27(23(29)33-21)13-14-1-6-17(26)7-2-14/h1-12H,13H2/b21-12-. The molecule has 0 saturated carbocycles. The number of rotatable bonds is 6. The predicted molar refractivity (Wildman–Crippen MR) is 131 cm³/mol. The first kappa shape index (κ1) is 24.5. The number of amides is 2. The highest BCUT2D eigenvalue weighted by Gasteiger charge is 2.35.